The van der Waals surface area contributed by atoms with Gasteiger partial charge in [-0.2, -0.15) is 0 Å². The van der Waals surface area contributed by atoms with Gasteiger partial charge in [0.25, 0.3) is 0 Å². The highest BCUT2D eigenvalue weighted by Crippen LogP contribution is 2.33. The van der Waals surface area contributed by atoms with Gasteiger partial charge >= 0.3 is 0 Å². The van der Waals surface area contributed by atoms with Crippen molar-refractivity contribution in [3.63, 3.8) is 0 Å². The van der Waals surface area contributed by atoms with E-state index in [-0.39, 0.29) is 10.9 Å². The topological polar surface area (TPSA) is 71.1 Å². The number of benzene rings is 2. The largest absolute Gasteiger partial charge is 0.493 e. The Kier molecular flexibility index (Phi) is 6.93. The molecule has 2 aromatic rings. The maximum Gasteiger partial charge on any atom is 0.240 e. The zero-order valence-corrected chi connectivity index (χ0v) is 20.0. The van der Waals surface area contributed by atoms with Gasteiger partial charge < -0.3 is 14.4 Å². The summed E-state index contributed by atoms with van der Waals surface area (Å²) in [5.74, 6) is 0.895. The second-order valence-corrected chi connectivity index (χ2v) is 10.3. The third kappa shape index (κ3) is 4.72. The van der Waals surface area contributed by atoms with Crippen LogP contribution in [-0.2, 0) is 16.4 Å². The van der Waals surface area contributed by atoms with Crippen molar-refractivity contribution in [3.05, 3.63) is 47.5 Å². The SMILES string of the molecule is COc1ccc(S(=O)(=O)NC[C@H](c2ccc3c(c2)CCN3C)N2CCCCC2)cc1OC. The Balaban J connectivity index is 1.58. The highest BCUT2D eigenvalue weighted by Gasteiger charge is 2.27. The summed E-state index contributed by atoms with van der Waals surface area (Å²) < 4.78 is 39.6. The number of anilines is 1. The number of fused-ring (bicyclic) bond motifs is 1. The molecule has 4 rings (SSSR count). The number of hydrogen-bond acceptors (Lipinski definition) is 6. The van der Waals surface area contributed by atoms with E-state index < -0.39 is 10.0 Å². The van der Waals surface area contributed by atoms with Crippen molar-refractivity contribution in [3.8, 4) is 11.5 Å². The summed E-state index contributed by atoms with van der Waals surface area (Å²) in [5, 5.41) is 0. The molecule has 0 unspecified atom stereocenters. The van der Waals surface area contributed by atoms with Crippen LogP contribution >= 0.6 is 0 Å². The van der Waals surface area contributed by atoms with Gasteiger partial charge in [-0.3, -0.25) is 4.90 Å². The van der Waals surface area contributed by atoms with Gasteiger partial charge in [-0.1, -0.05) is 18.6 Å². The minimum Gasteiger partial charge on any atom is -0.493 e. The minimum absolute atomic E-state index is 0.00132. The number of likely N-dealkylation sites (N-methyl/N-ethyl adjacent to an activating group) is 1. The van der Waals surface area contributed by atoms with Crippen molar-refractivity contribution >= 4 is 15.7 Å². The molecule has 174 valence electrons. The van der Waals surface area contributed by atoms with Gasteiger partial charge in [0.05, 0.1) is 19.1 Å². The molecule has 0 saturated carbocycles. The molecule has 0 amide bonds. The van der Waals surface area contributed by atoms with Crippen molar-refractivity contribution in [2.45, 2.75) is 36.6 Å². The number of likely N-dealkylation sites (tertiary alicyclic amines) is 1. The first-order valence-electron chi connectivity index (χ1n) is 11.2. The van der Waals surface area contributed by atoms with Crippen molar-refractivity contribution in [1.82, 2.24) is 9.62 Å². The van der Waals surface area contributed by atoms with Crippen LogP contribution in [0.25, 0.3) is 0 Å². The van der Waals surface area contributed by atoms with Crippen molar-refractivity contribution < 1.29 is 17.9 Å². The van der Waals surface area contributed by atoms with Crippen LogP contribution in [0.3, 0.4) is 0 Å². The second kappa shape index (κ2) is 9.68. The zero-order valence-electron chi connectivity index (χ0n) is 19.1. The highest BCUT2D eigenvalue weighted by molar-refractivity contribution is 7.89. The lowest BCUT2D eigenvalue weighted by Gasteiger charge is -2.35. The zero-order chi connectivity index (χ0) is 22.7. The van der Waals surface area contributed by atoms with E-state index in [0.717, 1.165) is 38.9 Å². The smallest absolute Gasteiger partial charge is 0.240 e. The molecule has 1 atom stereocenters. The Morgan fingerprint density at radius 2 is 1.72 bits per heavy atom. The molecule has 0 aliphatic carbocycles. The average molecular weight is 460 g/mol. The molecule has 8 heteroatoms. The van der Waals surface area contributed by atoms with Gasteiger partial charge in [0.15, 0.2) is 11.5 Å². The summed E-state index contributed by atoms with van der Waals surface area (Å²) in [4.78, 5) is 4.86. The van der Waals surface area contributed by atoms with Crippen molar-refractivity contribution in [2.24, 2.45) is 0 Å². The lowest BCUT2D eigenvalue weighted by molar-refractivity contribution is 0.164. The fourth-order valence-electron chi connectivity index (χ4n) is 4.74. The maximum absolute atomic E-state index is 13.1. The Labute approximate surface area is 191 Å². The van der Waals surface area contributed by atoms with Gasteiger partial charge in [-0.25, -0.2) is 13.1 Å². The summed E-state index contributed by atoms with van der Waals surface area (Å²) in [6, 6.07) is 11.3. The van der Waals surface area contributed by atoms with E-state index in [1.54, 1.807) is 12.1 Å². The monoisotopic (exact) mass is 459 g/mol. The fraction of sp³-hybridized carbons (Fsp3) is 0.500. The molecule has 2 aliphatic heterocycles. The molecule has 2 aliphatic rings. The van der Waals surface area contributed by atoms with Crippen LogP contribution < -0.4 is 19.1 Å². The van der Waals surface area contributed by atoms with Gasteiger partial charge in [0, 0.05) is 37.9 Å². The van der Waals surface area contributed by atoms with E-state index in [0.29, 0.717) is 18.0 Å². The molecule has 0 spiro atoms. The molecular weight excluding hydrogens is 426 g/mol. The van der Waals surface area contributed by atoms with E-state index in [4.69, 9.17) is 9.47 Å². The van der Waals surface area contributed by atoms with Crippen LogP contribution in [0.1, 0.15) is 36.4 Å². The van der Waals surface area contributed by atoms with Crippen LogP contribution in [0.5, 0.6) is 11.5 Å². The molecule has 1 N–H and O–H groups in total. The average Bonchev–Trinajstić information content (AvgIpc) is 3.19. The van der Waals surface area contributed by atoms with Gasteiger partial charge in [0.1, 0.15) is 0 Å². The van der Waals surface area contributed by atoms with E-state index in [9.17, 15) is 8.42 Å². The number of nitrogens with zero attached hydrogens (tertiary/aromatic N) is 2. The molecule has 32 heavy (non-hydrogen) atoms. The van der Waals surface area contributed by atoms with Crippen LogP contribution in [-0.4, -0.2) is 60.8 Å². The molecule has 0 radical (unpaired) electrons. The predicted molar refractivity (Wildman–Crippen MR) is 126 cm³/mol. The third-order valence-electron chi connectivity index (χ3n) is 6.58. The van der Waals surface area contributed by atoms with Gasteiger partial charge in [0.2, 0.25) is 10.0 Å². The van der Waals surface area contributed by atoms with E-state index in [2.05, 4.69) is 39.8 Å². The molecule has 1 fully saturated rings. The standard InChI is InChI=1S/C24H33N3O4S/c1-26-14-11-19-15-18(7-9-21(19)26)22(27-12-5-4-6-13-27)17-25-32(28,29)20-8-10-23(30-2)24(16-20)31-3/h7-10,15-16,22,25H,4-6,11-14,17H2,1-3H3/t22-/m1/s1. The molecule has 0 bridgehead atoms. The number of sulfonamides is 1. The number of rotatable bonds is 8. The molecule has 2 heterocycles. The number of hydrogen-bond donors (Lipinski definition) is 1. The minimum atomic E-state index is -3.70. The van der Waals surface area contributed by atoms with E-state index in [1.165, 1.54) is 43.5 Å². The number of nitrogens with one attached hydrogen (secondary N) is 1. The highest BCUT2D eigenvalue weighted by atomic mass is 32.2. The molecular formula is C24H33N3O4S. The van der Waals surface area contributed by atoms with Gasteiger partial charge in [-0.05, 0) is 61.7 Å². The Hall–Kier alpha value is -2.29. The first-order chi connectivity index (χ1) is 15.4. The van der Waals surface area contributed by atoms with Crippen molar-refractivity contribution in [2.75, 3.05) is 52.3 Å². The molecule has 7 nitrogen and oxygen atoms in total. The quantitative estimate of drug-likeness (QED) is 0.654. The summed E-state index contributed by atoms with van der Waals surface area (Å²) in [6.45, 7) is 3.32. The summed E-state index contributed by atoms with van der Waals surface area (Å²) in [5.41, 5.74) is 3.79. The summed E-state index contributed by atoms with van der Waals surface area (Å²) in [6.07, 6.45) is 4.55. The Bertz CT molecular complexity index is 1050. The number of ether oxygens (including phenoxy) is 2. The lowest BCUT2D eigenvalue weighted by atomic mass is 9.99. The first kappa shape index (κ1) is 22.9. The molecule has 2 aromatic carbocycles. The fourth-order valence-corrected chi connectivity index (χ4v) is 5.79. The third-order valence-corrected chi connectivity index (χ3v) is 8.00. The van der Waals surface area contributed by atoms with Gasteiger partial charge in [-0.15, -0.1) is 0 Å². The van der Waals surface area contributed by atoms with Crippen LogP contribution in [0.4, 0.5) is 5.69 Å². The normalized spacial score (nSPS) is 17.8. The lowest BCUT2D eigenvalue weighted by Crippen LogP contribution is -2.40. The number of piperidine rings is 1. The Morgan fingerprint density at radius 3 is 2.44 bits per heavy atom. The second-order valence-electron chi connectivity index (χ2n) is 8.54. The predicted octanol–water partition coefficient (Wildman–Crippen LogP) is 3.20. The van der Waals surface area contributed by atoms with E-state index in [1.807, 2.05) is 0 Å². The van der Waals surface area contributed by atoms with Crippen molar-refractivity contribution in [1.29, 1.82) is 0 Å². The summed E-state index contributed by atoms with van der Waals surface area (Å²) in [7, 11) is 1.44. The Morgan fingerprint density at radius 1 is 0.969 bits per heavy atom. The van der Waals surface area contributed by atoms with E-state index >= 15 is 0 Å². The molecule has 1 saturated heterocycles. The summed E-state index contributed by atoms with van der Waals surface area (Å²) >= 11 is 0. The van der Waals surface area contributed by atoms with Crippen LogP contribution in [0, 0.1) is 0 Å². The molecule has 0 aromatic heterocycles. The van der Waals surface area contributed by atoms with Crippen LogP contribution in [0.2, 0.25) is 0 Å². The first-order valence-corrected chi connectivity index (χ1v) is 12.7. The number of methoxy groups -OCH3 is 2. The maximum atomic E-state index is 13.1. The van der Waals surface area contributed by atoms with Crippen LogP contribution in [0.15, 0.2) is 41.3 Å².